The van der Waals surface area contributed by atoms with Crippen LogP contribution in [0.15, 0.2) is 78.4 Å². The Morgan fingerprint density at radius 1 is 0.667 bits per heavy atom. The zero-order valence-corrected chi connectivity index (χ0v) is 22.0. The van der Waals surface area contributed by atoms with E-state index in [0.29, 0.717) is 0 Å². The number of rotatable bonds is 3. The number of hydrogen-bond donors (Lipinski definition) is 0. The van der Waals surface area contributed by atoms with E-state index in [9.17, 15) is 0 Å². The molecule has 0 amide bonds. The van der Waals surface area contributed by atoms with Gasteiger partial charge in [0.2, 0.25) is 0 Å². The second kappa shape index (κ2) is 7.89. The van der Waals surface area contributed by atoms with Crippen LogP contribution in [0.25, 0.3) is 39.1 Å². The van der Waals surface area contributed by atoms with Crippen LogP contribution in [0, 0.1) is 33.9 Å². The number of hydrogen-bond acceptors (Lipinski definition) is 2. The van der Waals surface area contributed by atoms with E-state index in [4.69, 9.17) is 33.9 Å². The minimum atomic E-state index is -3.08. The van der Waals surface area contributed by atoms with Crippen LogP contribution >= 0.6 is 22.7 Å². The molecular formula is C33H20S2Si. The summed E-state index contributed by atoms with van der Waals surface area (Å²) in [6, 6.07) is 25.4. The lowest BCUT2D eigenvalue weighted by Crippen LogP contribution is -2.43. The predicted octanol–water partition coefficient (Wildman–Crippen LogP) is 8.78. The molecule has 1 unspecified atom stereocenters. The Morgan fingerprint density at radius 2 is 1.31 bits per heavy atom. The Kier molecular flexibility index (Phi) is 4.92. The summed E-state index contributed by atoms with van der Waals surface area (Å²) in [6.07, 6.45) is 2.08. The summed E-state index contributed by atoms with van der Waals surface area (Å²) in [5.74, 6) is 0. The third-order valence-corrected chi connectivity index (χ3v) is 13.2. The molecule has 168 valence electrons. The first-order valence-corrected chi connectivity index (χ1v) is 15.7. The van der Waals surface area contributed by atoms with E-state index in [2.05, 4.69) is 60.7 Å². The molecule has 0 N–H and O–H groups in total. The van der Waals surface area contributed by atoms with Gasteiger partial charge in [-0.3, -0.25) is 0 Å². The van der Waals surface area contributed by atoms with Crippen LogP contribution in [0.4, 0.5) is 0 Å². The summed E-state index contributed by atoms with van der Waals surface area (Å²) >= 11 is 3.16. The maximum atomic E-state index is 7.27. The maximum absolute atomic E-state index is 7.27. The topological polar surface area (TPSA) is 0 Å². The molecule has 7 rings (SSSR count). The van der Waals surface area contributed by atoms with Gasteiger partial charge in [0.25, 0.3) is 0 Å². The molecule has 0 saturated heterocycles. The first kappa shape index (κ1) is 22.5. The third kappa shape index (κ3) is 3.16. The first-order chi connectivity index (χ1) is 17.3. The van der Waals surface area contributed by atoms with Gasteiger partial charge in [-0.1, -0.05) is 66.2 Å². The minimum absolute atomic E-state index is 0.110. The van der Waals surface area contributed by atoms with Crippen LogP contribution in [0.3, 0.4) is 0 Å². The van der Waals surface area contributed by atoms with E-state index in [-0.39, 0.29) is 11.1 Å². The third-order valence-electron chi connectivity index (χ3n) is 7.53. The van der Waals surface area contributed by atoms with Gasteiger partial charge in [0, 0.05) is 44.4 Å². The lowest BCUT2D eigenvalue weighted by Gasteiger charge is -2.37. The molecule has 5 aromatic rings. The molecule has 2 heterocycles. The number of allylic oxidation sites excluding steroid dienone is 1. The van der Waals surface area contributed by atoms with Crippen molar-refractivity contribution >= 4 is 47.6 Å². The fraction of sp³-hybridized carbons (Fsp3) is 0.0606. The van der Waals surface area contributed by atoms with Crippen molar-refractivity contribution in [1.29, 1.82) is 0 Å². The standard InChI is InChI=1S/C33H20S2Si/c1-19-15-27-25(14-13-23-11-12-24(18-26(23)27)22-9-7-6-8-10-22)32(19)36(4,5)33-30-28(16-20(2)34-30)29-17-21(3)35-31(29)33/h1-18,32-33H. The summed E-state index contributed by atoms with van der Waals surface area (Å²) in [4.78, 5) is 3.83. The number of thiophene rings is 2. The fourth-order valence-electron chi connectivity index (χ4n) is 6.01. The number of fused-ring (bicyclic) bond motifs is 6. The smallest absolute Gasteiger partial charge is 0.0867 e. The van der Waals surface area contributed by atoms with Gasteiger partial charge in [0.05, 0.1) is 8.07 Å². The van der Waals surface area contributed by atoms with Crippen molar-refractivity contribution in [2.45, 2.75) is 11.1 Å². The van der Waals surface area contributed by atoms with E-state index < -0.39 is 8.07 Å². The second-order valence-electron chi connectivity index (χ2n) is 9.73. The van der Waals surface area contributed by atoms with Crippen LogP contribution in [0.5, 0.6) is 0 Å². The zero-order chi connectivity index (χ0) is 24.8. The highest BCUT2D eigenvalue weighted by atomic mass is 32.1. The molecule has 0 aliphatic heterocycles. The lowest BCUT2D eigenvalue weighted by molar-refractivity contribution is 1.05. The average molecular weight is 509 g/mol. The summed E-state index contributed by atoms with van der Waals surface area (Å²) in [7, 11) is -3.08. The van der Waals surface area contributed by atoms with Gasteiger partial charge < -0.3 is 0 Å². The van der Waals surface area contributed by atoms with Crippen molar-refractivity contribution in [3.05, 3.63) is 143 Å². The molecule has 2 aromatic heterocycles. The normalized spacial score (nSPS) is 16.8. The summed E-state index contributed by atoms with van der Waals surface area (Å²) in [6.45, 7) is 33.8. The Balaban J connectivity index is 1.39. The molecule has 1 atom stereocenters. The van der Waals surface area contributed by atoms with Crippen LogP contribution < -0.4 is 0 Å². The molecule has 3 heteroatoms. The van der Waals surface area contributed by atoms with Crippen molar-refractivity contribution in [2.75, 3.05) is 0 Å². The highest BCUT2D eigenvalue weighted by Gasteiger charge is 2.50. The lowest BCUT2D eigenvalue weighted by atomic mass is 9.96. The van der Waals surface area contributed by atoms with E-state index in [0.717, 1.165) is 52.7 Å². The Hall–Kier alpha value is -2.72. The average Bonchev–Trinajstić information content (AvgIpc) is 3.57. The van der Waals surface area contributed by atoms with Crippen molar-refractivity contribution in [3.63, 3.8) is 0 Å². The van der Waals surface area contributed by atoms with Crippen LogP contribution in [0.2, 0.25) is 0 Å². The molecule has 10 radical (unpaired) electrons. The molecule has 0 fully saturated rings. The number of benzene rings is 3. The van der Waals surface area contributed by atoms with Gasteiger partial charge in [-0.15, -0.1) is 22.7 Å². The maximum Gasteiger partial charge on any atom is 0.0867 e. The summed E-state index contributed by atoms with van der Waals surface area (Å²) < 4.78 is 0. The largest absolute Gasteiger partial charge is 0.144 e. The molecular weight excluding hydrogens is 489 g/mol. The van der Waals surface area contributed by atoms with Gasteiger partial charge in [-0.25, -0.2) is 0 Å². The highest BCUT2D eigenvalue weighted by molar-refractivity contribution is 7.17. The zero-order valence-electron chi connectivity index (χ0n) is 19.4. The molecule has 0 bridgehead atoms. The van der Waals surface area contributed by atoms with E-state index in [1.54, 1.807) is 22.7 Å². The monoisotopic (exact) mass is 508 g/mol. The van der Waals surface area contributed by atoms with Gasteiger partial charge in [0.1, 0.15) is 0 Å². The molecule has 0 spiro atoms. The van der Waals surface area contributed by atoms with E-state index in [1.807, 2.05) is 18.2 Å². The molecule has 3 aromatic carbocycles. The summed E-state index contributed by atoms with van der Waals surface area (Å²) in [5, 5.41) is 2.33. The molecule has 2 aliphatic rings. The van der Waals surface area contributed by atoms with Gasteiger partial charge in [-0.2, -0.15) is 0 Å². The van der Waals surface area contributed by atoms with E-state index in [1.165, 1.54) is 16.5 Å². The van der Waals surface area contributed by atoms with E-state index >= 15 is 0 Å². The minimum Gasteiger partial charge on any atom is -0.144 e. The fourth-order valence-corrected chi connectivity index (χ4v) is 12.6. The van der Waals surface area contributed by atoms with Gasteiger partial charge in [0.15, 0.2) is 0 Å². The van der Waals surface area contributed by atoms with Gasteiger partial charge >= 0.3 is 0 Å². The first-order valence-electron chi connectivity index (χ1n) is 11.8. The Bertz CT molecular complexity index is 1650. The molecule has 36 heavy (non-hydrogen) atoms. The second-order valence-corrected chi connectivity index (χ2v) is 15.1. The van der Waals surface area contributed by atoms with Crippen LogP contribution in [-0.2, 0) is 0 Å². The van der Waals surface area contributed by atoms with Crippen molar-refractivity contribution < 1.29 is 0 Å². The SMILES string of the molecule is [CH]C1=Cc2c(ccc3ccc(-c4ccccc4)cc23)C1[Si]([CH])([CH])C1c2sc([CH])cc2-c2cc([CH])sc21. The molecule has 0 saturated carbocycles. The Morgan fingerprint density at radius 3 is 1.97 bits per heavy atom. The molecule has 0 nitrogen and oxygen atoms in total. The predicted molar refractivity (Wildman–Crippen MR) is 155 cm³/mol. The van der Waals surface area contributed by atoms with Gasteiger partial charge in [-0.05, 0) is 82.4 Å². The highest BCUT2D eigenvalue weighted by Crippen LogP contribution is 2.59. The Labute approximate surface area is 223 Å². The van der Waals surface area contributed by atoms with Crippen molar-refractivity contribution in [1.82, 2.24) is 0 Å². The van der Waals surface area contributed by atoms with Crippen molar-refractivity contribution in [3.8, 4) is 22.3 Å². The molecule has 2 aliphatic carbocycles. The quantitative estimate of drug-likeness (QED) is 0.214. The van der Waals surface area contributed by atoms with Crippen LogP contribution in [-0.4, -0.2) is 8.07 Å². The van der Waals surface area contributed by atoms with Crippen molar-refractivity contribution in [2.24, 2.45) is 0 Å². The van der Waals surface area contributed by atoms with Crippen LogP contribution in [0.1, 0.15) is 41.7 Å². The summed E-state index contributed by atoms with van der Waals surface area (Å²) in [5.41, 5.74) is 7.24.